The van der Waals surface area contributed by atoms with Gasteiger partial charge in [-0.2, -0.15) is 0 Å². The Hall–Kier alpha value is -1.63. The standard InChI is InChI=1S/C14H9BrCl2N2O3/c15-11-4-2-8(5-13(11)19(21)22)14(20)18-7-9-1-3-10(16)6-12(9)17/h1-6H,7H2,(H,18,20). The number of halogens is 3. The molecule has 114 valence electrons. The first-order chi connectivity index (χ1) is 10.4. The minimum Gasteiger partial charge on any atom is -0.348 e. The third-order valence-electron chi connectivity index (χ3n) is 2.86. The monoisotopic (exact) mass is 402 g/mol. The molecule has 2 aromatic carbocycles. The lowest BCUT2D eigenvalue weighted by Gasteiger charge is -2.08. The fourth-order valence-corrected chi connectivity index (χ4v) is 2.60. The van der Waals surface area contributed by atoms with Crippen LogP contribution in [0.5, 0.6) is 0 Å². The molecule has 0 spiro atoms. The average Bonchev–Trinajstić information content (AvgIpc) is 2.46. The summed E-state index contributed by atoms with van der Waals surface area (Å²) in [4.78, 5) is 22.4. The van der Waals surface area contributed by atoms with E-state index in [1.807, 2.05) is 0 Å². The second kappa shape index (κ2) is 7.09. The lowest BCUT2D eigenvalue weighted by Crippen LogP contribution is -2.23. The molecule has 0 heterocycles. The van der Waals surface area contributed by atoms with Crippen molar-refractivity contribution in [1.29, 1.82) is 0 Å². The van der Waals surface area contributed by atoms with Gasteiger partial charge in [-0.25, -0.2) is 0 Å². The molecule has 5 nitrogen and oxygen atoms in total. The van der Waals surface area contributed by atoms with Gasteiger partial charge in [0.2, 0.25) is 0 Å². The Kier molecular flexibility index (Phi) is 5.39. The zero-order valence-electron chi connectivity index (χ0n) is 11.0. The number of nitrogens with zero attached hydrogens (tertiary/aromatic N) is 1. The van der Waals surface area contributed by atoms with E-state index in [9.17, 15) is 14.9 Å². The van der Waals surface area contributed by atoms with Gasteiger partial charge < -0.3 is 5.32 Å². The first-order valence-electron chi connectivity index (χ1n) is 6.04. The Morgan fingerprint density at radius 3 is 2.59 bits per heavy atom. The van der Waals surface area contributed by atoms with E-state index in [1.165, 1.54) is 18.2 Å². The van der Waals surface area contributed by atoms with Crippen molar-refractivity contribution < 1.29 is 9.72 Å². The Morgan fingerprint density at radius 2 is 1.95 bits per heavy atom. The fraction of sp³-hybridized carbons (Fsp3) is 0.0714. The Labute approximate surface area is 144 Å². The minimum absolute atomic E-state index is 0.169. The molecule has 0 bridgehead atoms. The molecule has 2 aromatic rings. The second-order valence-electron chi connectivity index (χ2n) is 4.34. The third kappa shape index (κ3) is 3.97. The van der Waals surface area contributed by atoms with Gasteiger partial charge in [0, 0.05) is 28.2 Å². The van der Waals surface area contributed by atoms with Gasteiger partial charge in [0.25, 0.3) is 11.6 Å². The van der Waals surface area contributed by atoms with Crippen LogP contribution in [-0.4, -0.2) is 10.8 Å². The van der Waals surface area contributed by atoms with Gasteiger partial charge >= 0.3 is 0 Å². The van der Waals surface area contributed by atoms with Crippen molar-refractivity contribution in [2.75, 3.05) is 0 Å². The molecule has 1 N–H and O–H groups in total. The number of rotatable bonds is 4. The van der Waals surface area contributed by atoms with Crippen LogP contribution in [0.2, 0.25) is 10.0 Å². The van der Waals surface area contributed by atoms with Crippen molar-refractivity contribution in [2.24, 2.45) is 0 Å². The summed E-state index contributed by atoms with van der Waals surface area (Å²) >= 11 is 14.9. The van der Waals surface area contributed by atoms with Crippen molar-refractivity contribution in [1.82, 2.24) is 5.32 Å². The van der Waals surface area contributed by atoms with Gasteiger partial charge in [-0.05, 0) is 45.8 Å². The summed E-state index contributed by atoms with van der Waals surface area (Å²) < 4.78 is 0.315. The van der Waals surface area contributed by atoms with Crippen LogP contribution in [-0.2, 0) is 6.54 Å². The van der Waals surface area contributed by atoms with Crippen molar-refractivity contribution >= 4 is 50.7 Å². The summed E-state index contributed by atoms with van der Waals surface area (Å²) in [6.07, 6.45) is 0. The molecule has 0 radical (unpaired) electrons. The SMILES string of the molecule is O=C(NCc1ccc(Cl)cc1Cl)c1ccc(Br)c([N+](=O)[O-])c1. The minimum atomic E-state index is -0.559. The van der Waals surface area contributed by atoms with Crippen LogP contribution in [0.15, 0.2) is 40.9 Å². The number of benzene rings is 2. The zero-order valence-corrected chi connectivity index (χ0v) is 14.1. The zero-order chi connectivity index (χ0) is 16.3. The largest absolute Gasteiger partial charge is 0.348 e. The van der Waals surface area contributed by atoms with Crippen LogP contribution < -0.4 is 5.32 Å². The highest BCUT2D eigenvalue weighted by molar-refractivity contribution is 9.10. The summed E-state index contributed by atoms with van der Waals surface area (Å²) in [5.41, 5.74) is 0.725. The molecule has 22 heavy (non-hydrogen) atoms. The fourth-order valence-electron chi connectivity index (χ4n) is 1.74. The molecule has 0 saturated carbocycles. The van der Waals surface area contributed by atoms with Crippen molar-refractivity contribution in [3.8, 4) is 0 Å². The van der Waals surface area contributed by atoms with Gasteiger partial charge in [0.1, 0.15) is 0 Å². The molecule has 0 atom stereocenters. The summed E-state index contributed by atoms with van der Waals surface area (Å²) in [5.74, 6) is -0.429. The molecular formula is C14H9BrCl2N2O3. The normalized spacial score (nSPS) is 10.3. The molecule has 0 fully saturated rings. The van der Waals surface area contributed by atoms with Gasteiger partial charge in [0.15, 0.2) is 0 Å². The molecule has 2 rings (SSSR count). The van der Waals surface area contributed by atoms with E-state index in [2.05, 4.69) is 21.2 Å². The van der Waals surface area contributed by atoms with Gasteiger partial charge in [0.05, 0.1) is 9.40 Å². The summed E-state index contributed by atoms with van der Waals surface area (Å²) in [6, 6.07) is 9.12. The smallest absolute Gasteiger partial charge is 0.284 e. The summed E-state index contributed by atoms with van der Waals surface area (Å²) in [5, 5.41) is 14.5. The molecule has 0 aliphatic heterocycles. The van der Waals surface area contributed by atoms with Crippen LogP contribution in [0.25, 0.3) is 0 Å². The quantitative estimate of drug-likeness (QED) is 0.599. The van der Waals surface area contributed by atoms with Gasteiger partial charge in [-0.3, -0.25) is 14.9 Å². The Bertz CT molecular complexity index is 753. The van der Waals surface area contributed by atoms with E-state index in [4.69, 9.17) is 23.2 Å². The highest BCUT2D eigenvalue weighted by Crippen LogP contribution is 2.26. The molecule has 1 amide bonds. The van der Waals surface area contributed by atoms with Crippen LogP contribution in [0.4, 0.5) is 5.69 Å². The van der Waals surface area contributed by atoms with E-state index in [1.54, 1.807) is 18.2 Å². The molecule has 8 heteroatoms. The number of hydrogen-bond donors (Lipinski definition) is 1. The van der Waals surface area contributed by atoms with Crippen LogP contribution >= 0.6 is 39.1 Å². The molecular weight excluding hydrogens is 395 g/mol. The topological polar surface area (TPSA) is 72.2 Å². The van der Waals surface area contributed by atoms with Crippen LogP contribution in [0.1, 0.15) is 15.9 Å². The Morgan fingerprint density at radius 1 is 1.23 bits per heavy atom. The number of carbonyl (C=O) groups excluding carboxylic acids is 1. The van der Waals surface area contributed by atoms with Crippen molar-refractivity contribution in [3.63, 3.8) is 0 Å². The molecule has 0 aliphatic rings. The van der Waals surface area contributed by atoms with Crippen LogP contribution in [0.3, 0.4) is 0 Å². The highest BCUT2D eigenvalue weighted by Gasteiger charge is 2.16. The van der Waals surface area contributed by atoms with Crippen molar-refractivity contribution in [3.05, 3.63) is 72.2 Å². The van der Waals surface area contributed by atoms with Gasteiger partial charge in [-0.1, -0.05) is 29.3 Å². The Balaban J connectivity index is 2.12. The van der Waals surface area contributed by atoms with E-state index >= 15 is 0 Å². The maximum absolute atomic E-state index is 12.1. The average molecular weight is 404 g/mol. The van der Waals surface area contributed by atoms with E-state index in [0.717, 1.165) is 0 Å². The van der Waals surface area contributed by atoms with Crippen molar-refractivity contribution in [2.45, 2.75) is 6.54 Å². The summed E-state index contributed by atoms with van der Waals surface area (Å²) in [6.45, 7) is 0.193. The highest BCUT2D eigenvalue weighted by atomic mass is 79.9. The third-order valence-corrected chi connectivity index (χ3v) is 4.12. The second-order valence-corrected chi connectivity index (χ2v) is 6.04. The number of nitro benzene ring substituents is 1. The number of carbonyl (C=O) groups is 1. The molecule has 0 saturated heterocycles. The maximum atomic E-state index is 12.1. The van der Waals surface area contributed by atoms with Gasteiger partial charge in [-0.15, -0.1) is 0 Å². The van der Waals surface area contributed by atoms with E-state index in [-0.39, 0.29) is 17.8 Å². The van der Waals surface area contributed by atoms with Crippen LogP contribution in [0, 0.1) is 10.1 Å². The lowest BCUT2D eigenvalue weighted by molar-refractivity contribution is -0.385. The molecule has 0 unspecified atom stereocenters. The number of nitrogens with one attached hydrogen (secondary N) is 1. The summed E-state index contributed by atoms with van der Waals surface area (Å²) in [7, 11) is 0. The van der Waals surface area contributed by atoms with E-state index < -0.39 is 10.8 Å². The predicted molar refractivity (Wildman–Crippen MR) is 88.4 cm³/mol. The number of amides is 1. The first kappa shape index (κ1) is 16.7. The number of hydrogen-bond acceptors (Lipinski definition) is 3. The predicted octanol–water partition coefficient (Wildman–Crippen LogP) is 4.59. The number of nitro groups is 1. The first-order valence-corrected chi connectivity index (χ1v) is 7.59. The molecule has 0 aromatic heterocycles. The molecule has 0 aliphatic carbocycles. The lowest BCUT2D eigenvalue weighted by atomic mass is 10.1. The maximum Gasteiger partial charge on any atom is 0.284 e. The van der Waals surface area contributed by atoms with E-state index in [0.29, 0.717) is 20.1 Å².